The first-order valence-corrected chi connectivity index (χ1v) is 3.70. The van der Waals surface area contributed by atoms with Gasteiger partial charge in [0.1, 0.15) is 0 Å². The summed E-state index contributed by atoms with van der Waals surface area (Å²) in [6.07, 6.45) is 6.35. The summed E-state index contributed by atoms with van der Waals surface area (Å²) in [5.41, 5.74) is 5.71. The van der Waals surface area contributed by atoms with Crippen molar-refractivity contribution in [3.8, 4) is 12.3 Å². The van der Waals surface area contributed by atoms with Crippen molar-refractivity contribution >= 4 is 0 Å². The van der Waals surface area contributed by atoms with Crippen LogP contribution >= 0.6 is 0 Å². The van der Waals surface area contributed by atoms with Crippen molar-refractivity contribution in [2.75, 3.05) is 13.1 Å². The third-order valence-electron chi connectivity index (χ3n) is 2.05. The first kappa shape index (κ1) is 7.59. The Balaban J connectivity index is 2.39. The first-order chi connectivity index (χ1) is 4.74. The van der Waals surface area contributed by atoms with E-state index in [4.69, 9.17) is 12.2 Å². The maximum Gasteiger partial charge on any atom is 0.0683 e. The molecule has 0 spiro atoms. The average molecular weight is 138 g/mol. The fourth-order valence-corrected chi connectivity index (χ4v) is 1.27. The number of nitrogens with zero attached hydrogens (tertiary/aromatic N) is 1. The van der Waals surface area contributed by atoms with Crippen molar-refractivity contribution in [3.63, 3.8) is 0 Å². The number of likely N-dealkylation sites (tertiary alicyclic amines) is 1. The monoisotopic (exact) mass is 138 g/mol. The molecule has 0 amide bonds. The second kappa shape index (κ2) is 3.05. The fraction of sp³-hybridized carbons (Fsp3) is 0.750. The lowest BCUT2D eigenvalue weighted by atomic mass is 10.3. The molecule has 0 aromatic rings. The standard InChI is InChI=1S/C8H14N2/c1-3-7(2)10-5-4-8(9)6-10/h1,7-8H,4-6,9H2,2H3/t7?,8-/m1/s1. The summed E-state index contributed by atoms with van der Waals surface area (Å²) in [4.78, 5) is 2.24. The van der Waals surface area contributed by atoms with E-state index in [-0.39, 0.29) is 6.04 Å². The molecule has 1 aliphatic heterocycles. The second-order valence-electron chi connectivity index (χ2n) is 2.89. The van der Waals surface area contributed by atoms with Crippen LogP contribution in [-0.4, -0.2) is 30.1 Å². The van der Waals surface area contributed by atoms with E-state index in [1.165, 1.54) is 0 Å². The van der Waals surface area contributed by atoms with Crippen LogP contribution in [-0.2, 0) is 0 Å². The zero-order valence-electron chi connectivity index (χ0n) is 6.38. The summed E-state index contributed by atoms with van der Waals surface area (Å²) >= 11 is 0. The van der Waals surface area contributed by atoms with Crippen LogP contribution in [0.2, 0.25) is 0 Å². The molecule has 1 rings (SSSR count). The summed E-state index contributed by atoms with van der Waals surface area (Å²) in [6.45, 7) is 4.07. The van der Waals surface area contributed by atoms with Gasteiger partial charge in [0.05, 0.1) is 6.04 Å². The minimum Gasteiger partial charge on any atom is -0.326 e. The molecule has 0 aromatic heterocycles. The number of rotatable bonds is 1. The highest BCUT2D eigenvalue weighted by molar-refractivity contribution is 4.99. The van der Waals surface area contributed by atoms with Crippen LogP contribution in [0.3, 0.4) is 0 Å². The van der Waals surface area contributed by atoms with Gasteiger partial charge in [0.2, 0.25) is 0 Å². The highest BCUT2D eigenvalue weighted by Gasteiger charge is 2.21. The van der Waals surface area contributed by atoms with Crippen LogP contribution in [0.5, 0.6) is 0 Å². The normalized spacial score (nSPS) is 29.9. The molecule has 1 heterocycles. The molecule has 0 saturated carbocycles. The van der Waals surface area contributed by atoms with Crippen molar-refractivity contribution < 1.29 is 0 Å². The van der Waals surface area contributed by atoms with Crippen molar-refractivity contribution in [2.24, 2.45) is 5.73 Å². The zero-order valence-corrected chi connectivity index (χ0v) is 6.38. The van der Waals surface area contributed by atoms with Crippen LogP contribution in [0.25, 0.3) is 0 Å². The summed E-state index contributed by atoms with van der Waals surface area (Å²) in [7, 11) is 0. The molecule has 56 valence electrons. The number of terminal acetylenes is 1. The summed E-state index contributed by atoms with van der Waals surface area (Å²) in [6, 6.07) is 0.601. The van der Waals surface area contributed by atoms with Gasteiger partial charge in [-0.15, -0.1) is 6.42 Å². The maximum atomic E-state index is 5.71. The predicted molar refractivity (Wildman–Crippen MR) is 42.5 cm³/mol. The molecule has 1 fully saturated rings. The Labute approximate surface area is 62.4 Å². The van der Waals surface area contributed by atoms with Gasteiger partial charge in [-0.3, -0.25) is 4.90 Å². The van der Waals surface area contributed by atoms with E-state index in [0.717, 1.165) is 19.5 Å². The zero-order chi connectivity index (χ0) is 7.56. The highest BCUT2D eigenvalue weighted by Crippen LogP contribution is 2.09. The first-order valence-electron chi connectivity index (χ1n) is 3.70. The topological polar surface area (TPSA) is 29.3 Å². The SMILES string of the molecule is C#CC(C)N1CC[C@@H](N)C1. The van der Waals surface area contributed by atoms with Gasteiger partial charge in [-0.05, 0) is 13.3 Å². The van der Waals surface area contributed by atoms with Gasteiger partial charge < -0.3 is 5.73 Å². The molecule has 2 heteroatoms. The molecule has 1 saturated heterocycles. The van der Waals surface area contributed by atoms with Gasteiger partial charge in [-0.2, -0.15) is 0 Å². The van der Waals surface area contributed by atoms with E-state index < -0.39 is 0 Å². The van der Waals surface area contributed by atoms with Crippen molar-refractivity contribution in [3.05, 3.63) is 0 Å². The van der Waals surface area contributed by atoms with Crippen LogP contribution < -0.4 is 5.73 Å². The van der Waals surface area contributed by atoms with E-state index in [0.29, 0.717) is 6.04 Å². The third-order valence-corrected chi connectivity index (χ3v) is 2.05. The Hall–Kier alpha value is -0.520. The maximum absolute atomic E-state index is 5.71. The molecule has 2 N–H and O–H groups in total. The van der Waals surface area contributed by atoms with Gasteiger partial charge in [-0.25, -0.2) is 0 Å². The highest BCUT2D eigenvalue weighted by atomic mass is 15.2. The lowest BCUT2D eigenvalue weighted by Crippen LogP contribution is -2.32. The van der Waals surface area contributed by atoms with Gasteiger partial charge in [-0.1, -0.05) is 5.92 Å². The van der Waals surface area contributed by atoms with E-state index in [1.807, 2.05) is 6.92 Å². The minimum absolute atomic E-state index is 0.258. The van der Waals surface area contributed by atoms with Crippen molar-refractivity contribution in [2.45, 2.75) is 25.4 Å². The van der Waals surface area contributed by atoms with Gasteiger partial charge >= 0.3 is 0 Å². The smallest absolute Gasteiger partial charge is 0.0683 e. The van der Waals surface area contributed by atoms with Crippen LogP contribution in [0.15, 0.2) is 0 Å². The Bertz CT molecular complexity index is 148. The van der Waals surface area contributed by atoms with Crippen molar-refractivity contribution in [1.29, 1.82) is 0 Å². The lowest BCUT2D eigenvalue weighted by molar-refractivity contribution is 0.304. The Morgan fingerprint density at radius 1 is 1.80 bits per heavy atom. The van der Waals surface area contributed by atoms with E-state index >= 15 is 0 Å². The van der Waals surface area contributed by atoms with Crippen molar-refractivity contribution in [1.82, 2.24) is 4.90 Å². The molecule has 0 aliphatic carbocycles. The third kappa shape index (κ3) is 1.50. The molecule has 0 aromatic carbocycles. The van der Waals surface area contributed by atoms with E-state index in [2.05, 4.69) is 10.8 Å². The second-order valence-corrected chi connectivity index (χ2v) is 2.89. The summed E-state index contributed by atoms with van der Waals surface area (Å²) < 4.78 is 0. The molecule has 2 nitrogen and oxygen atoms in total. The van der Waals surface area contributed by atoms with Crippen LogP contribution in [0.1, 0.15) is 13.3 Å². The Kier molecular flexibility index (Phi) is 2.31. The Morgan fingerprint density at radius 3 is 2.90 bits per heavy atom. The number of nitrogens with two attached hydrogens (primary N) is 1. The minimum atomic E-state index is 0.258. The van der Waals surface area contributed by atoms with Gasteiger partial charge in [0.15, 0.2) is 0 Å². The largest absolute Gasteiger partial charge is 0.326 e. The van der Waals surface area contributed by atoms with Crippen LogP contribution in [0.4, 0.5) is 0 Å². The lowest BCUT2D eigenvalue weighted by Gasteiger charge is -2.18. The molecule has 1 unspecified atom stereocenters. The molecule has 0 bridgehead atoms. The molecular weight excluding hydrogens is 124 g/mol. The summed E-state index contributed by atoms with van der Waals surface area (Å²) in [5, 5.41) is 0. The molecule has 2 atom stereocenters. The summed E-state index contributed by atoms with van der Waals surface area (Å²) in [5.74, 6) is 2.70. The Morgan fingerprint density at radius 2 is 2.50 bits per heavy atom. The molecular formula is C8H14N2. The molecule has 10 heavy (non-hydrogen) atoms. The fourth-order valence-electron chi connectivity index (χ4n) is 1.27. The van der Waals surface area contributed by atoms with Gasteiger partial charge in [0.25, 0.3) is 0 Å². The molecule has 0 radical (unpaired) electrons. The van der Waals surface area contributed by atoms with Crippen LogP contribution in [0, 0.1) is 12.3 Å². The van der Waals surface area contributed by atoms with E-state index in [1.54, 1.807) is 0 Å². The van der Waals surface area contributed by atoms with Gasteiger partial charge in [0, 0.05) is 19.1 Å². The quantitative estimate of drug-likeness (QED) is 0.518. The molecule has 1 aliphatic rings. The van der Waals surface area contributed by atoms with E-state index in [9.17, 15) is 0 Å². The number of hydrogen-bond donors (Lipinski definition) is 1. The number of hydrogen-bond acceptors (Lipinski definition) is 2. The average Bonchev–Trinajstić information content (AvgIpc) is 2.34. The predicted octanol–water partition coefficient (Wildman–Crippen LogP) is 0.0411.